The molecule has 2 aromatic carbocycles. The van der Waals surface area contributed by atoms with Crippen LogP contribution in [0.15, 0.2) is 48.5 Å². The minimum absolute atomic E-state index is 0.0147. The van der Waals surface area contributed by atoms with Gasteiger partial charge in [-0.3, -0.25) is 9.59 Å². The zero-order valence-corrected chi connectivity index (χ0v) is 21.4. The topological polar surface area (TPSA) is 84.7 Å². The van der Waals surface area contributed by atoms with Gasteiger partial charge in [0.1, 0.15) is 11.8 Å². The number of carbonyl (C=O) groups excluding carboxylic acids is 2. The van der Waals surface area contributed by atoms with Crippen molar-refractivity contribution in [2.24, 2.45) is 5.73 Å². The number of fused-ring (bicyclic) bond motifs is 2. The second-order valence-corrected chi connectivity index (χ2v) is 10.9. The monoisotopic (exact) mass is 569 g/mol. The van der Waals surface area contributed by atoms with E-state index in [0.717, 1.165) is 37.1 Å². The fourth-order valence-corrected chi connectivity index (χ4v) is 6.07. The molecule has 3 fully saturated rings. The highest BCUT2D eigenvalue weighted by molar-refractivity contribution is 5.95. The summed E-state index contributed by atoms with van der Waals surface area (Å²) in [5, 5.41) is 2.85. The molecule has 2 saturated heterocycles. The summed E-state index contributed by atoms with van der Waals surface area (Å²) in [5.74, 6) is -1.18. The highest BCUT2D eigenvalue weighted by Gasteiger charge is 2.53. The molecule has 2 aliphatic heterocycles. The minimum Gasteiger partial charge on any atom is -0.406 e. The van der Waals surface area contributed by atoms with Crippen molar-refractivity contribution in [3.05, 3.63) is 65.2 Å². The Kier molecular flexibility index (Phi) is 7.26. The number of hydrogen-bond acceptors (Lipinski definition) is 4. The van der Waals surface area contributed by atoms with Crippen LogP contribution in [0.4, 0.5) is 26.3 Å². The molecule has 5 rings (SSSR count). The Hall–Kier alpha value is -3.28. The predicted octanol–water partition coefficient (Wildman–Crippen LogP) is 4.84. The van der Waals surface area contributed by atoms with Crippen LogP contribution >= 0.6 is 0 Å². The summed E-state index contributed by atoms with van der Waals surface area (Å²) in [6, 6.07) is 8.34. The van der Waals surface area contributed by atoms with E-state index in [1.54, 1.807) is 4.90 Å². The maximum atomic E-state index is 13.9. The van der Waals surface area contributed by atoms with Gasteiger partial charge in [-0.25, -0.2) is 0 Å². The third-order valence-corrected chi connectivity index (χ3v) is 8.17. The molecular formula is C28H29F6N3O3. The van der Waals surface area contributed by atoms with E-state index >= 15 is 0 Å². The van der Waals surface area contributed by atoms with Gasteiger partial charge in [0, 0.05) is 24.5 Å². The van der Waals surface area contributed by atoms with E-state index in [1.807, 2.05) is 0 Å². The van der Waals surface area contributed by atoms with Gasteiger partial charge in [-0.05, 0) is 73.9 Å². The van der Waals surface area contributed by atoms with Crippen molar-refractivity contribution < 1.29 is 40.7 Å². The van der Waals surface area contributed by atoms with E-state index in [0.29, 0.717) is 36.8 Å². The number of piperidine rings is 1. The normalized spacial score (nSPS) is 24.4. The summed E-state index contributed by atoms with van der Waals surface area (Å²) in [5.41, 5.74) is 5.26. The van der Waals surface area contributed by atoms with Crippen LogP contribution in [-0.4, -0.2) is 47.2 Å². The number of halogens is 6. The second-order valence-electron chi connectivity index (χ2n) is 10.9. The van der Waals surface area contributed by atoms with Gasteiger partial charge < -0.3 is 20.7 Å². The average Bonchev–Trinajstić information content (AvgIpc) is 3.63. The van der Waals surface area contributed by atoms with Gasteiger partial charge in [0.2, 0.25) is 11.8 Å². The molecule has 3 unspecified atom stereocenters. The molecule has 3 N–H and O–H groups in total. The number of alkyl halides is 6. The molecule has 2 heterocycles. The lowest BCUT2D eigenvalue weighted by Gasteiger charge is -2.40. The summed E-state index contributed by atoms with van der Waals surface area (Å²) < 4.78 is 80.7. The Morgan fingerprint density at radius 3 is 2.02 bits per heavy atom. The molecular weight excluding hydrogens is 540 g/mol. The van der Waals surface area contributed by atoms with Crippen molar-refractivity contribution >= 4 is 11.8 Å². The van der Waals surface area contributed by atoms with Crippen molar-refractivity contribution in [3.8, 4) is 5.75 Å². The van der Waals surface area contributed by atoms with Crippen LogP contribution in [-0.2, 0) is 27.6 Å². The van der Waals surface area contributed by atoms with Gasteiger partial charge in [0.15, 0.2) is 0 Å². The molecule has 2 aromatic rings. The average molecular weight is 570 g/mol. The summed E-state index contributed by atoms with van der Waals surface area (Å²) in [6.45, 7) is 0. The Balaban J connectivity index is 1.37. The summed E-state index contributed by atoms with van der Waals surface area (Å²) >= 11 is 0. The number of ether oxygens (including phenoxy) is 1. The van der Waals surface area contributed by atoms with E-state index in [1.165, 1.54) is 24.3 Å². The largest absolute Gasteiger partial charge is 0.573 e. The third-order valence-electron chi connectivity index (χ3n) is 8.17. The van der Waals surface area contributed by atoms with Gasteiger partial charge in [0.25, 0.3) is 0 Å². The van der Waals surface area contributed by atoms with Crippen molar-refractivity contribution in [1.29, 1.82) is 0 Å². The number of nitrogens with zero attached hydrogens (tertiary/aromatic N) is 1. The maximum absolute atomic E-state index is 13.9. The molecule has 0 aromatic heterocycles. The zero-order valence-electron chi connectivity index (χ0n) is 21.4. The first-order valence-electron chi connectivity index (χ1n) is 13.2. The molecule has 216 valence electrons. The Morgan fingerprint density at radius 2 is 1.52 bits per heavy atom. The molecule has 3 aliphatic rings. The second kappa shape index (κ2) is 10.3. The Morgan fingerprint density at radius 1 is 0.950 bits per heavy atom. The van der Waals surface area contributed by atoms with E-state index in [4.69, 9.17) is 5.73 Å². The fourth-order valence-electron chi connectivity index (χ4n) is 6.07. The van der Waals surface area contributed by atoms with Gasteiger partial charge in [-0.15, -0.1) is 13.2 Å². The lowest BCUT2D eigenvalue weighted by atomic mass is 9.93. The lowest BCUT2D eigenvalue weighted by Crippen LogP contribution is -2.58. The first kappa shape index (κ1) is 28.3. The van der Waals surface area contributed by atoms with E-state index in [-0.39, 0.29) is 30.5 Å². The third kappa shape index (κ3) is 5.91. The SMILES string of the molecule is NC1CC2CCC(C1)N2C(=O)C(Cc1ccc(C(F)(F)F)cc1)NC(=O)C1(c2ccc(OC(F)(F)F)cc2)CC1. The first-order valence-corrected chi connectivity index (χ1v) is 13.2. The van der Waals surface area contributed by atoms with Crippen LogP contribution in [0.25, 0.3) is 0 Å². The molecule has 0 radical (unpaired) electrons. The summed E-state index contributed by atoms with van der Waals surface area (Å²) in [4.78, 5) is 29.2. The highest BCUT2D eigenvalue weighted by Crippen LogP contribution is 2.49. The van der Waals surface area contributed by atoms with E-state index in [9.17, 15) is 35.9 Å². The van der Waals surface area contributed by atoms with Crippen molar-refractivity contribution in [3.63, 3.8) is 0 Å². The number of amides is 2. The maximum Gasteiger partial charge on any atom is 0.573 e. The summed E-state index contributed by atoms with van der Waals surface area (Å²) in [7, 11) is 0. The zero-order chi connectivity index (χ0) is 28.9. The molecule has 2 amide bonds. The van der Waals surface area contributed by atoms with Gasteiger partial charge in [-0.1, -0.05) is 24.3 Å². The van der Waals surface area contributed by atoms with Crippen LogP contribution in [0.1, 0.15) is 55.2 Å². The number of rotatable bonds is 7. The molecule has 1 saturated carbocycles. The highest BCUT2D eigenvalue weighted by atomic mass is 19.4. The van der Waals surface area contributed by atoms with Crippen LogP contribution in [0, 0.1) is 0 Å². The van der Waals surface area contributed by atoms with Crippen molar-refractivity contribution in [2.45, 2.75) is 87.1 Å². The molecule has 0 spiro atoms. The first-order chi connectivity index (χ1) is 18.7. The van der Waals surface area contributed by atoms with Crippen LogP contribution < -0.4 is 15.8 Å². The molecule has 6 nitrogen and oxygen atoms in total. The smallest absolute Gasteiger partial charge is 0.406 e. The molecule has 2 bridgehead atoms. The van der Waals surface area contributed by atoms with E-state index < -0.39 is 41.2 Å². The fraction of sp³-hybridized carbons (Fsp3) is 0.500. The molecule has 1 aliphatic carbocycles. The summed E-state index contributed by atoms with van der Waals surface area (Å²) in [6.07, 6.45) is -5.64. The quantitative estimate of drug-likeness (QED) is 0.468. The van der Waals surface area contributed by atoms with Gasteiger partial charge in [0.05, 0.1) is 11.0 Å². The van der Waals surface area contributed by atoms with Gasteiger partial charge >= 0.3 is 12.5 Å². The molecule has 12 heteroatoms. The predicted molar refractivity (Wildman–Crippen MR) is 132 cm³/mol. The number of benzene rings is 2. The lowest BCUT2D eigenvalue weighted by molar-refractivity contribution is -0.274. The molecule has 40 heavy (non-hydrogen) atoms. The van der Waals surface area contributed by atoms with Gasteiger partial charge in [-0.2, -0.15) is 13.2 Å². The van der Waals surface area contributed by atoms with Crippen LogP contribution in [0.3, 0.4) is 0 Å². The molecule has 3 atom stereocenters. The van der Waals surface area contributed by atoms with Crippen molar-refractivity contribution in [1.82, 2.24) is 10.2 Å². The number of carbonyl (C=O) groups is 2. The number of nitrogens with one attached hydrogen (secondary N) is 1. The minimum atomic E-state index is -4.85. The van der Waals surface area contributed by atoms with Crippen molar-refractivity contribution in [2.75, 3.05) is 0 Å². The Bertz CT molecular complexity index is 1230. The van der Waals surface area contributed by atoms with Crippen LogP contribution in [0.2, 0.25) is 0 Å². The standard InChI is InChI=1S/C28H29F6N3O3/c29-27(30,31)18-3-1-16(2-4-18)13-23(24(38)37-20-7-8-21(37)15-19(35)14-20)36-25(39)26(11-12-26)17-5-9-22(10-6-17)40-28(32,33)34/h1-6,9-10,19-21,23H,7-8,11-15,35H2,(H,36,39). The van der Waals surface area contributed by atoms with E-state index in [2.05, 4.69) is 10.1 Å². The Labute approximate surface area is 226 Å². The van der Waals surface area contributed by atoms with Crippen LogP contribution in [0.5, 0.6) is 5.75 Å². The number of hydrogen-bond donors (Lipinski definition) is 2. The number of nitrogens with two attached hydrogens (primary N) is 1.